The van der Waals surface area contributed by atoms with Gasteiger partial charge in [0.2, 0.25) is 0 Å². The number of hydrogen-bond acceptors (Lipinski definition) is 2. The second-order valence-electron chi connectivity index (χ2n) is 4.76. The highest BCUT2D eigenvalue weighted by atomic mass is 16.3. The maximum absolute atomic E-state index is 9.74. The molecule has 2 aromatic carbocycles. The molecule has 3 rings (SSSR count). The van der Waals surface area contributed by atoms with E-state index in [1.54, 1.807) is 18.3 Å². The molecule has 20 heavy (non-hydrogen) atoms. The molecule has 1 N–H and O–H groups in total. The van der Waals surface area contributed by atoms with E-state index >= 15 is 0 Å². The van der Waals surface area contributed by atoms with Crippen LogP contribution in [0.1, 0.15) is 5.56 Å². The van der Waals surface area contributed by atoms with Gasteiger partial charge in [-0.15, -0.1) is 0 Å². The number of rotatable bonds is 2. The van der Waals surface area contributed by atoms with E-state index in [1.165, 1.54) is 0 Å². The van der Waals surface area contributed by atoms with E-state index in [0.29, 0.717) is 0 Å². The molecule has 1 aromatic heterocycles. The van der Waals surface area contributed by atoms with Gasteiger partial charge in [-0.2, -0.15) is 0 Å². The Kier molecular flexibility index (Phi) is 3.21. The zero-order valence-corrected chi connectivity index (χ0v) is 11.2. The third-order valence-corrected chi connectivity index (χ3v) is 3.38. The van der Waals surface area contributed by atoms with Crippen LogP contribution in [0.2, 0.25) is 0 Å². The van der Waals surface area contributed by atoms with Crippen molar-refractivity contribution in [3.05, 3.63) is 72.4 Å². The van der Waals surface area contributed by atoms with Crippen LogP contribution in [0.5, 0.6) is 5.75 Å². The minimum atomic E-state index is 0.279. The van der Waals surface area contributed by atoms with Crippen molar-refractivity contribution >= 4 is 0 Å². The molecule has 0 radical (unpaired) electrons. The Morgan fingerprint density at radius 1 is 0.800 bits per heavy atom. The Morgan fingerprint density at radius 3 is 2.30 bits per heavy atom. The molecular formula is C18H15NO. The number of hydrogen-bond donors (Lipinski definition) is 1. The molecule has 0 saturated heterocycles. The third kappa shape index (κ3) is 2.28. The molecule has 0 aliphatic heterocycles. The van der Waals surface area contributed by atoms with Crippen LogP contribution in [0.4, 0.5) is 0 Å². The maximum Gasteiger partial charge on any atom is 0.116 e. The molecule has 0 amide bonds. The highest BCUT2D eigenvalue weighted by Crippen LogP contribution is 2.34. The molecule has 0 saturated carbocycles. The van der Waals surface area contributed by atoms with Crippen molar-refractivity contribution in [1.82, 2.24) is 4.98 Å². The normalized spacial score (nSPS) is 10.4. The minimum absolute atomic E-state index is 0.279. The lowest BCUT2D eigenvalue weighted by Gasteiger charge is -2.12. The summed E-state index contributed by atoms with van der Waals surface area (Å²) in [6.07, 6.45) is 1.79. The molecule has 0 fully saturated rings. The number of pyridine rings is 1. The molecule has 98 valence electrons. The Bertz CT molecular complexity index is 735. The largest absolute Gasteiger partial charge is 0.508 e. The van der Waals surface area contributed by atoms with Gasteiger partial charge in [-0.3, -0.25) is 4.98 Å². The Morgan fingerprint density at radius 2 is 1.55 bits per heavy atom. The Balaban J connectivity index is 2.23. The van der Waals surface area contributed by atoms with E-state index in [2.05, 4.69) is 17.1 Å². The SMILES string of the molecule is Cc1ccc(O)cc1-c1ccccc1-c1ccccn1. The molecule has 0 spiro atoms. The summed E-state index contributed by atoms with van der Waals surface area (Å²) in [5, 5.41) is 9.74. The molecule has 1 heterocycles. The van der Waals surface area contributed by atoms with E-state index in [0.717, 1.165) is 27.9 Å². The number of nitrogens with zero attached hydrogens (tertiary/aromatic N) is 1. The van der Waals surface area contributed by atoms with Crippen LogP contribution in [0.3, 0.4) is 0 Å². The maximum atomic E-state index is 9.74. The molecule has 2 heteroatoms. The average Bonchev–Trinajstić information content (AvgIpc) is 2.51. The second-order valence-corrected chi connectivity index (χ2v) is 4.76. The fourth-order valence-electron chi connectivity index (χ4n) is 2.36. The number of phenols is 1. The van der Waals surface area contributed by atoms with Gasteiger partial charge in [0.1, 0.15) is 5.75 Å². The van der Waals surface area contributed by atoms with E-state index in [-0.39, 0.29) is 5.75 Å². The molecule has 0 aliphatic rings. The topological polar surface area (TPSA) is 33.1 Å². The fourth-order valence-corrected chi connectivity index (χ4v) is 2.36. The van der Waals surface area contributed by atoms with Crippen molar-refractivity contribution in [3.63, 3.8) is 0 Å². The van der Waals surface area contributed by atoms with Gasteiger partial charge < -0.3 is 5.11 Å². The molecule has 0 unspecified atom stereocenters. The first kappa shape index (κ1) is 12.4. The summed E-state index contributed by atoms with van der Waals surface area (Å²) >= 11 is 0. The van der Waals surface area contributed by atoms with Gasteiger partial charge in [0.05, 0.1) is 5.69 Å². The van der Waals surface area contributed by atoms with Crippen molar-refractivity contribution < 1.29 is 5.11 Å². The predicted molar refractivity (Wildman–Crippen MR) is 81.5 cm³/mol. The summed E-state index contributed by atoms with van der Waals surface area (Å²) < 4.78 is 0. The second kappa shape index (κ2) is 5.17. The standard InChI is InChI=1S/C18H15NO/c1-13-9-10-14(20)12-17(13)15-6-2-3-7-16(15)18-8-4-5-11-19-18/h2-12,20H,1H3. The van der Waals surface area contributed by atoms with Gasteiger partial charge in [-0.25, -0.2) is 0 Å². The average molecular weight is 261 g/mol. The van der Waals surface area contributed by atoms with Gasteiger partial charge in [0.25, 0.3) is 0 Å². The quantitative estimate of drug-likeness (QED) is 0.740. The van der Waals surface area contributed by atoms with Crippen LogP contribution in [0, 0.1) is 6.92 Å². The zero-order chi connectivity index (χ0) is 13.9. The van der Waals surface area contributed by atoms with Crippen LogP contribution in [-0.2, 0) is 0 Å². The minimum Gasteiger partial charge on any atom is -0.508 e. The van der Waals surface area contributed by atoms with E-state index in [9.17, 15) is 5.11 Å². The first-order chi connectivity index (χ1) is 9.75. The van der Waals surface area contributed by atoms with Gasteiger partial charge in [0, 0.05) is 11.8 Å². The first-order valence-electron chi connectivity index (χ1n) is 6.56. The molecule has 0 atom stereocenters. The first-order valence-corrected chi connectivity index (χ1v) is 6.56. The summed E-state index contributed by atoms with van der Waals surface area (Å²) in [6, 6.07) is 19.5. The van der Waals surface area contributed by atoms with Gasteiger partial charge >= 0.3 is 0 Å². The number of phenolic OH excluding ortho intramolecular Hbond substituents is 1. The molecule has 3 aromatic rings. The number of aryl methyl sites for hydroxylation is 1. The summed E-state index contributed by atoms with van der Waals surface area (Å²) in [4.78, 5) is 4.42. The summed E-state index contributed by atoms with van der Waals surface area (Å²) in [5.41, 5.74) is 5.25. The van der Waals surface area contributed by atoms with Gasteiger partial charge in [0.15, 0.2) is 0 Å². The summed E-state index contributed by atoms with van der Waals surface area (Å²) in [5.74, 6) is 0.279. The van der Waals surface area contributed by atoms with E-state index < -0.39 is 0 Å². The van der Waals surface area contributed by atoms with Crippen molar-refractivity contribution in [2.24, 2.45) is 0 Å². The Labute approximate surface area is 118 Å². The van der Waals surface area contributed by atoms with Crippen LogP contribution in [0.25, 0.3) is 22.4 Å². The highest BCUT2D eigenvalue weighted by Gasteiger charge is 2.10. The van der Waals surface area contributed by atoms with Crippen LogP contribution in [0.15, 0.2) is 66.9 Å². The lowest BCUT2D eigenvalue weighted by Crippen LogP contribution is -1.89. The van der Waals surface area contributed by atoms with Crippen LogP contribution < -0.4 is 0 Å². The van der Waals surface area contributed by atoms with Crippen LogP contribution >= 0.6 is 0 Å². The van der Waals surface area contributed by atoms with E-state index in [4.69, 9.17) is 0 Å². The van der Waals surface area contributed by atoms with Crippen molar-refractivity contribution in [2.45, 2.75) is 6.92 Å². The van der Waals surface area contributed by atoms with E-state index in [1.807, 2.05) is 43.3 Å². The highest BCUT2D eigenvalue weighted by molar-refractivity contribution is 5.83. The Hall–Kier alpha value is -2.61. The molecule has 0 aliphatic carbocycles. The number of aromatic hydroxyl groups is 1. The van der Waals surface area contributed by atoms with Crippen molar-refractivity contribution in [1.29, 1.82) is 0 Å². The lowest BCUT2D eigenvalue weighted by atomic mass is 9.94. The van der Waals surface area contributed by atoms with Crippen molar-refractivity contribution in [2.75, 3.05) is 0 Å². The monoisotopic (exact) mass is 261 g/mol. The fraction of sp³-hybridized carbons (Fsp3) is 0.0556. The smallest absolute Gasteiger partial charge is 0.116 e. The van der Waals surface area contributed by atoms with Crippen LogP contribution in [-0.4, -0.2) is 10.1 Å². The number of aromatic nitrogens is 1. The molecular weight excluding hydrogens is 246 g/mol. The molecule has 2 nitrogen and oxygen atoms in total. The summed E-state index contributed by atoms with van der Waals surface area (Å²) in [7, 11) is 0. The van der Waals surface area contributed by atoms with Gasteiger partial charge in [-0.1, -0.05) is 36.4 Å². The predicted octanol–water partition coefficient (Wildman–Crippen LogP) is 4.43. The third-order valence-electron chi connectivity index (χ3n) is 3.38. The molecule has 0 bridgehead atoms. The van der Waals surface area contributed by atoms with Crippen molar-refractivity contribution in [3.8, 4) is 28.1 Å². The summed E-state index contributed by atoms with van der Waals surface area (Å²) in [6.45, 7) is 2.05. The van der Waals surface area contributed by atoms with Gasteiger partial charge in [-0.05, 0) is 47.9 Å². The zero-order valence-electron chi connectivity index (χ0n) is 11.2. The lowest BCUT2D eigenvalue weighted by molar-refractivity contribution is 0.475. The number of benzene rings is 2.